The highest BCUT2D eigenvalue weighted by Crippen LogP contribution is 2.56. The molecule has 36 heavy (non-hydrogen) atoms. The molecule has 5 aromatic rings. The normalized spacial score (nSPS) is 13.4. The van der Waals surface area contributed by atoms with Gasteiger partial charge in [-0.05, 0) is 68.6 Å². The first-order valence-electron chi connectivity index (χ1n) is 12.5. The summed E-state index contributed by atoms with van der Waals surface area (Å²) in [7, 11) is 0. The predicted octanol–water partition coefficient (Wildman–Crippen LogP) is 9.39. The Bertz CT molecular complexity index is 1550. The maximum atomic E-state index is 4.15. The summed E-state index contributed by atoms with van der Waals surface area (Å²) in [5.74, 6) is 0. The summed E-state index contributed by atoms with van der Waals surface area (Å²) in [5, 5.41) is 0. The van der Waals surface area contributed by atoms with Crippen molar-refractivity contribution in [3.05, 3.63) is 167 Å². The summed E-state index contributed by atoms with van der Waals surface area (Å²) in [5.41, 5.74) is 12.2. The fourth-order valence-corrected chi connectivity index (χ4v) is 6.00. The molecule has 0 nitrogen and oxygen atoms in total. The quantitative estimate of drug-likeness (QED) is 0.240. The maximum Gasteiger partial charge on any atom is 0.0713 e. The van der Waals surface area contributed by atoms with Gasteiger partial charge in [0.25, 0.3) is 0 Å². The minimum absolute atomic E-state index is 0.389. The Kier molecular flexibility index (Phi) is 5.51. The van der Waals surface area contributed by atoms with E-state index in [1.165, 1.54) is 50.1 Å². The van der Waals surface area contributed by atoms with Crippen molar-refractivity contribution in [3.63, 3.8) is 0 Å². The predicted molar refractivity (Wildman–Crippen MR) is 154 cm³/mol. The molecule has 5 aromatic carbocycles. The molecule has 0 bridgehead atoms. The van der Waals surface area contributed by atoms with E-state index in [9.17, 15) is 0 Å². The Morgan fingerprint density at radius 1 is 0.583 bits per heavy atom. The molecule has 0 radical (unpaired) electrons. The summed E-state index contributed by atoms with van der Waals surface area (Å²) >= 11 is 0. The summed E-state index contributed by atoms with van der Waals surface area (Å²) in [6.07, 6.45) is 6.22. The lowest BCUT2D eigenvalue weighted by atomic mass is 9.67. The van der Waals surface area contributed by atoms with Gasteiger partial charge in [-0.2, -0.15) is 0 Å². The molecular formula is C36H28. The molecule has 0 aliphatic heterocycles. The second kappa shape index (κ2) is 8.98. The molecule has 0 amide bonds. The second-order valence-corrected chi connectivity index (χ2v) is 9.30. The van der Waals surface area contributed by atoms with Gasteiger partial charge in [-0.25, -0.2) is 0 Å². The average Bonchev–Trinajstić information content (AvgIpc) is 3.24. The number of fused-ring (bicyclic) bond motifs is 3. The minimum Gasteiger partial charge on any atom is -0.0984 e. The Morgan fingerprint density at radius 2 is 1.19 bits per heavy atom. The van der Waals surface area contributed by atoms with Gasteiger partial charge in [0.2, 0.25) is 0 Å². The molecule has 0 heterocycles. The summed E-state index contributed by atoms with van der Waals surface area (Å²) in [6, 6.07) is 44.3. The molecule has 0 atom stereocenters. The number of benzene rings is 5. The van der Waals surface area contributed by atoms with Crippen molar-refractivity contribution in [2.45, 2.75) is 12.3 Å². The van der Waals surface area contributed by atoms with Crippen molar-refractivity contribution in [2.75, 3.05) is 0 Å². The molecule has 1 aliphatic rings. The summed E-state index contributed by atoms with van der Waals surface area (Å²) in [4.78, 5) is 0. The van der Waals surface area contributed by atoms with Gasteiger partial charge in [0.05, 0.1) is 5.41 Å². The van der Waals surface area contributed by atoms with E-state index < -0.39 is 0 Å². The standard InChI is InChI=1S/C36H28/c1-3-14-26-15-13-21-31(30(26)4-2)27-23-24-33-32-20-11-12-22-34(32)36(35(33)25-27,28-16-7-5-8-17-28)29-18-9-6-10-19-29/h3-25H,2H2,1H3/b14-3-. The molecule has 6 rings (SSSR count). The fraction of sp³-hybridized carbons (Fsp3) is 0.0556. The Hall–Kier alpha value is -4.42. The lowest BCUT2D eigenvalue weighted by Gasteiger charge is -2.34. The molecule has 0 spiro atoms. The molecule has 0 N–H and O–H groups in total. The van der Waals surface area contributed by atoms with Crippen LogP contribution in [0.3, 0.4) is 0 Å². The van der Waals surface area contributed by atoms with Crippen LogP contribution in [-0.2, 0) is 5.41 Å². The smallest absolute Gasteiger partial charge is 0.0713 e. The Balaban J connectivity index is 1.71. The molecule has 1 aliphatic carbocycles. The molecule has 0 unspecified atom stereocenters. The Labute approximate surface area is 213 Å². The number of hydrogen-bond donors (Lipinski definition) is 0. The van der Waals surface area contributed by atoms with Gasteiger partial charge >= 0.3 is 0 Å². The molecule has 0 fully saturated rings. The maximum absolute atomic E-state index is 4.15. The van der Waals surface area contributed by atoms with Crippen molar-refractivity contribution in [1.82, 2.24) is 0 Å². The molecule has 0 saturated carbocycles. The monoisotopic (exact) mass is 460 g/mol. The van der Waals surface area contributed by atoms with Crippen LogP contribution in [0.4, 0.5) is 0 Å². The summed E-state index contributed by atoms with van der Waals surface area (Å²) < 4.78 is 0. The van der Waals surface area contributed by atoms with E-state index in [1.54, 1.807) is 0 Å². The van der Waals surface area contributed by atoms with E-state index in [4.69, 9.17) is 0 Å². The average molecular weight is 461 g/mol. The van der Waals surface area contributed by atoms with Gasteiger partial charge in [-0.1, -0.05) is 140 Å². The summed E-state index contributed by atoms with van der Waals surface area (Å²) in [6.45, 7) is 6.21. The zero-order valence-corrected chi connectivity index (χ0v) is 20.5. The molecular weight excluding hydrogens is 432 g/mol. The van der Waals surface area contributed by atoms with Gasteiger partial charge in [-0.3, -0.25) is 0 Å². The van der Waals surface area contributed by atoms with E-state index in [1.807, 2.05) is 6.08 Å². The highest BCUT2D eigenvalue weighted by atomic mass is 14.5. The lowest BCUT2D eigenvalue weighted by molar-refractivity contribution is 0.769. The number of hydrogen-bond acceptors (Lipinski definition) is 0. The van der Waals surface area contributed by atoms with E-state index in [0.29, 0.717) is 0 Å². The second-order valence-electron chi connectivity index (χ2n) is 9.30. The van der Waals surface area contributed by atoms with Crippen molar-refractivity contribution in [2.24, 2.45) is 0 Å². The fourth-order valence-electron chi connectivity index (χ4n) is 6.00. The van der Waals surface area contributed by atoms with Gasteiger partial charge in [-0.15, -0.1) is 0 Å². The largest absolute Gasteiger partial charge is 0.0984 e. The van der Waals surface area contributed by atoms with Gasteiger partial charge in [0, 0.05) is 0 Å². The van der Waals surface area contributed by atoms with Crippen molar-refractivity contribution in [1.29, 1.82) is 0 Å². The molecule has 0 saturated heterocycles. The van der Waals surface area contributed by atoms with Gasteiger partial charge in [0.1, 0.15) is 0 Å². The Morgan fingerprint density at radius 3 is 1.86 bits per heavy atom. The van der Waals surface area contributed by atoms with Crippen molar-refractivity contribution < 1.29 is 0 Å². The van der Waals surface area contributed by atoms with Crippen LogP contribution in [0.2, 0.25) is 0 Å². The highest BCUT2D eigenvalue weighted by Gasteiger charge is 2.46. The van der Waals surface area contributed by atoms with E-state index in [-0.39, 0.29) is 5.41 Å². The van der Waals surface area contributed by atoms with Crippen LogP contribution >= 0.6 is 0 Å². The first kappa shape index (κ1) is 22.1. The van der Waals surface area contributed by atoms with Gasteiger partial charge in [0.15, 0.2) is 0 Å². The lowest BCUT2D eigenvalue weighted by Crippen LogP contribution is -2.28. The topological polar surface area (TPSA) is 0 Å². The first-order chi connectivity index (χ1) is 17.8. The highest BCUT2D eigenvalue weighted by molar-refractivity contribution is 5.90. The van der Waals surface area contributed by atoms with E-state index in [0.717, 1.165) is 5.56 Å². The zero-order valence-electron chi connectivity index (χ0n) is 20.5. The van der Waals surface area contributed by atoms with Crippen LogP contribution in [0, 0.1) is 0 Å². The van der Waals surface area contributed by atoms with Crippen LogP contribution in [0.1, 0.15) is 40.3 Å². The van der Waals surface area contributed by atoms with Crippen molar-refractivity contribution in [3.8, 4) is 22.3 Å². The zero-order chi connectivity index (χ0) is 24.5. The molecule has 0 heteroatoms. The van der Waals surface area contributed by atoms with Crippen LogP contribution in [0.15, 0.2) is 134 Å². The van der Waals surface area contributed by atoms with Crippen LogP contribution in [0.25, 0.3) is 34.4 Å². The van der Waals surface area contributed by atoms with Crippen LogP contribution in [-0.4, -0.2) is 0 Å². The van der Waals surface area contributed by atoms with Crippen molar-refractivity contribution >= 4 is 12.2 Å². The van der Waals surface area contributed by atoms with E-state index >= 15 is 0 Å². The number of allylic oxidation sites excluding steroid dienone is 1. The third-order valence-electron chi connectivity index (χ3n) is 7.46. The minimum atomic E-state index is -0.389. The number of rotatable bonds is 5. The van der Waals surface area contributed by atoms with E-state index in [2.05, 4.69) is 147 Å². The molecule has 0 aromatic heterocycles. The van der Waals surface area contributed by atoms with Crippen LogP contribution < -0.4 is 0 Å². The molecule has 172 valence electrons. The third-order valence-corrected chi connectivity index (χ3v) is 7.46. The SMILES string of the molecule is C=Cc1c(/C=C\C)cccc1-c1ccc2c(c1)C(c1ccccc1)(c1ccccc1)c1ccccc1-2. The first-order valence-corrected chi connectivity index (χ1v) is 12.5. The van der Waals surface area contributed by atoms with Crippen LogP contribution in [0.5, 0.6) is 0 Å². The third kappa shape index (κ3) is 3.22. The van der Waals surface area contributed by atoms with Gasteiger partial charge < -0.3 is 0 Å².